The number of anilines is 1. The van der Waals surface area contributed by atoms with Crippen LogP contribution >= 0.6 is 22.9 Å². The summed E-state index contributed by atoms with van der Waals surface area (Å²) in [7, 11) is 0. The van der Waals surface area contributed by atoms with Crippen LogP contribution in [0.2, 0.25) is 5.02 Å². The van der Waals surface area contributed by atoms with Gasteiger partial charge in [-0.25, -0.2) is 4.98 Å². The molecule has 0 aliphatic rings. The van der Waals surface area contributed by atoms with Crippen molar-refractivity contribution in [3.05, 3.63) is 70.1 Å². The summed E-state index contributed by atoms with van der Waals surface area (Å²) < 4.78 is 0. The molecular weight excluding hydrogens is 352 g/mol. The van der Waals surface area contributed by atoms with Gasteiger partial charge in [0, 0.05) is 21.5 Å². The van der Waals surface area contributed by atoms with E-state index in [4.69, 9.17) is 11.6 Å². The van der Waals surface area contributed by atoms with Gasteiger partial charge in [0.2, 0.25) is 0 Å². The third kappa shape index (κ3) is 4.09. The molecule has 0 bridgehead atoms. The van der Waals surface area contributed by atoms with Gasteiger partial charge in [-0.3, -0.25) is 10.1 Å². The average Bonchev–Trinajstić information content (AvgIpc) is 3.03. The minimum absolute atomic E-state index is 0.0637. The summed E-state index contributed by atoms with van der Waals surface area (Å²) in [5.74, 6) is -0.166. The molecule has 3 nitrogen and oxygen atoms in total. The zero-order chi connectivity index (χ0) is 18.0. The van der Waals surface area contributed by atoms with E-state index >= 15 is 0 Å². The predicted molar refractivity (Wildman–Crippen MR) is 106 cm³/mol. The molecule has 0 saturated heterocycles. The lowest BCUT2D eigenvalue weighted by atomic mass is 9.87. The SMILES string of the molecule is CC(C)(C)c1ccc(C(=O)Nc2nc(-c3ccccc3Cl)cs2)cc1. The van der Waals surface area contributed by atoms with Gasteiger partial charge in [0.05, 0.1) is 5.69 Å². The molecule has 2 aromatic carbocycles. The zero-order valence-electron chi connectivity index (χ0n) is 14.3. The normalized spacial score (nSPS) is 11.4. The highest BCUT2D eigenvalue weighted by Gasteiger charge is 2.15. The number of hydrogen-bond acceptors (Lipinski definition) is 3. The van der Waals surface area contributed by atoms with Gasteiger partial charge < -0.3 is 0 Å². The number of aromatic nitrogens is 1. The van der Waals surface area contributed by atoms with Crippen molar-refractivity contribution < 1.29 is 4.79 Å². The van der Waals surface area contributed by atoms with Gasteiger partial charge in [0.25, 0.3) is 5.91 Å². The Balaban J connectivity index is 1.75. The van der Waals surface area contributed by atoms with Gasteiger partial charge in [-0.05, 0) is 29.2 Å². The van der Waals surface area contributed by atoms with Crippen LogP contribution in [0, 0.1) is 0 Å². The van der Waals surface area contributed by atoms with Crippen molar-refractivity contribution in [2.24, 2.45) is 0 Å². The van der Waals surface area contributed by atoms with Crippen LogP contribution in [0.3, 0.4) is 0 Å². The first kappa shape index (κ1) is 17.6. The topological polar surface area (TPSA) is 42.0 Å². The fraction of sp³-hybridized carbons (Fsp3) is 0.200. The quantitative estimate of drug-likeness (QED) is 0.613. The van der Waals surface area contributed by atoms with Gasteiger partial charge in [-0.1, -0.05) is 62.7 Å². The van der Waals surface area contributed by atoms with E-state index in [-0.39, 0.29) is 11.3 Å². The molecule has 0 saturated carbocycles. The summed E-state index contributed by atoms with van der Waals surface area (Å²) >= 11 is 7.58. The van der Waals surface area contributed by atoms with E-state index in [1.807, 2.05) is 53.9 Å². The van der Waals surface area contributed by atoms with Gasteiger partial charge >= 0.3 is 0 Å². The van der Waals surface area contributed by atoms with Crippen LogP contribution in [-0.4, -0.2) is 10.9 Å². The molecule has 0 unspecified atom stereocenters. The highest BCUT2D eigenvalue weighted by Crippen LogP contribution is 2.30. The Morgan fingerprint density at radius 2 is 1.76 bits per heavy atom. The fourth-order valence-corrected chi connectivity index (χ4v) is 3.35. The van der Waals surface area contributed by atoms with Crippen molar-refractivity contribution in [3.8, 4) is 11.3 Å². The van der Waals surface area contributed by atoms with E-state index in [2.05, 4.69) is 31.1 Å². The highest BCUT2D eigenvalue weighted by molar-refractivity contribution is 7.14. The molecule has 0 aliphatic heterocycles. The van der Waals surface area contributed by atoms with Crippen LogP contribution in [0.1, 0.15) is 36.7 Å². The summed E-state index contributed by atoms with van der Waals surface area (Å²) in [6.45, 7) is 6.44. The minimum atomic E-state index is -0.166. The van der Waals surface area contributed by atoms with E-state index in [1.165, 1.54) is 16.9 Å². The van der Waals surface area contributed by atoms with Crippen molar-refractivity contribution in [3.63, 3.8) is 0 Å². The molecule has 1 amide bonds. The van der Waals surface area contributed by atoms with E-state index in [0.717, 1.165) is 11.3 Å². The molecule has 128 valence electrons. The number of thiazole rings is 1. The molecule has 0 aliphatic carbocycles. The van der Waals surface area contributed by atoms with E-state index in [1.54, 1.807) is 0 Å². The Morgan fingerprint density at radius 3 is 2.40 bits per heavy atom. The number of hydrogen-bond donors (Lipinski definition) is 1. The van der Waals surface area contributed by atoms with Gasteiger partial charge in [0.1, 0.15) is 0 Å². The van der Waals surface area contributed by atoms with Crippen molar-refractivity contribution in [2.45, 2.75) is 26.2 Å². The van der Waals surface area contributed by atoms with Crippen molar-refractivity contribution in [1.29, 1.82) is 0 Å². The first-order valence-electron chi connectivity index (χ1n) is 7.97. The number of amides is 1. The molecule has 5 heteroatoms. The monoisotopic (exact) mass is 370 g/mol. The number of halogens is 1. The first-order valence-corrected chi connectivity index (χ1v) is 9.23. The Bertz CT molecular complexity index is 895. The molecule has 3 aromatic rings. The van der Waals surface area contributed by atoms with Crippen LogP contribution < -0.4 is 5.32 Å². The summed E-state index contributed by atoms with van der Waals surface area (Å²) in [4.78, 5) is 16.9. The second-order valence-corrected chi connectivity index (χ2v) is 8.06. The lowest BCUT2D eigenvalue weighted by Gasteiger charge is -2.18. The van der Waals surface area contributed by atoms with Crippen molar-refractivity contribution >= 4 is 34.0 Å². The maximum atomic E-state index is 12.4. The Morgan fingerprint density at radius 1 is 1.08 bits per heavy atom. The number of carbonyl (C=O) groups excluding carboxylic acids is 1. The second-order valence-electron chi connectivity index (χ2n) is 6.80. The van der Waals surface area contributed by atoms with Crippen LogP contribution in [0.25, 0.3) is 11.3 Å². The lowest BCUT2D eigenvalue weighted by Crippen LogP contribution is -2.14. The zero-order valence-corrected chi connectivity index (χ0v) is 15.9. The van der Waals surface area contributed by atoms with Crippen LogP contribution in [-0.2, 0) is 5.41 Å². The first-order chi connectivity index (χ1) is 11.8. The molecule has 0 radical (unpaired) electrons. The average molecular weight is 371 g/mol. The third-order valence-electron chi connectivity index (χ3n) is 3.89. The smallest absolute Gasteiger partial charge is 0.257 e. The molecule has 0 atom stereocenters. The maximum absolute atomic E-state index is 12.4. The number of carbonyl (C=O) groups is 1. The molecule has 25 heavy (non-hydrogen) atoms. The van der Waals surface area contributed by atoms with Crippen LogP contribution in [0.5, 0.6) is 0 Å². The maximum Gasteiger partial charge on any atom is 0.257 e. The lowest BCUT2D eigenvalue weighted by molar-refractivity contribution is 0.102. The standard InChI is InChI=1S/C20H19ClN2OS/c1-20(2,3)14-10-8-13(9-11-14)18(24)23-19-22-17(12-25-19)15-6-4-5-7-16(15)21/h4-12H,1-3H3,(H,22,23,24). The Kier molecular flexibility index (Phi) is 4.93. The molecule has 1 aromatic heterocycles. The third-order valence-corrected chi connectivity index (χ3v) is 4.97. The Labute approximate surface area is 156 Å². The number of nitrogens with zero attached hydrogens (tertiary/aromatic N) is 1. The summed E-state index contributed by atoms with van der Waals surface area (Å²) in [5, 5.41) is 5.94. The largest absolute Gasteiger partial charge is 0.298 e. The molecule has 1 heterocycles. The molecular formula is C20H19ClN2OS. The second kappa shape index (κ2) is 6.98. The Hall–Kier alpha value is -2.17. The van der Waals surface area contributed by atoms with Crippen LogP contribution in [0.4, 0.5) is 5.13 Å². The van der Waals surface area contributed by atoms with Gasteiger partial charge in [0.15, 0.2) is 5.13 Å². The fourth-order valence-electron chi connectivity index (χ4n) is 2.41. The highest BCUT2D eigenvalue weighted by atomic mass is 35.5. The summed E-state index contributed by atoms with van der Waals surface area (Å²) in [5.41, 5.74) is 3.49. The van der Waals surface area contributed by atoms with E-state index in [0.29, 0.717) is 15.7 Å². The van der Waals surface area contributed by atoms with E-state index in [9.17, 15) is 4.79 Å². The minimum Gasteiger partial charge on any atom is -0.298 e. The van der Waals surface area contributed by atoms with E-state index < -0.39 is 0 Å². The molecule has 1 N–H and O–H groups in total. The number of nitrogens with one attached hydrogen (secondary N) is 1. The van der Waals surface area contributed by atoms with Crippen molar-refractivity contribution in [2.75, 3.05) is 5.32 Å². The number of benzene rings is 2. The number of rotatable bonds is 3. The van der Waals surface area contributed by atoms with Crippen molar-refractivity contribution in [1.82, 2.24) is 4.98 Å². The summed E-state index contributed by atoms with van der Waals surface area (Å²) in [6, 6.07) is 15.2. The molecule has 3 rings (SSSR count). The van der Waals surface area contributed by atoms with Crippen LogP contribution in [0.15, 0.2) is 53.9 Å². The van der Waals surface area contributed by atoms with Gasteiger partial charge in [-0.2, -0.15) is 0 Å². The predicted octanol–water partition coefficient (Wildman–Crippen LogP) is 6.01. The molecule has 0 spiro atoms. The molecule has 0 fully saturated rings. The van der Waals surface area contributed by atoms with Gasteiger partial charge in [-0.15, -0.1) is 11.3 Å². The summed E-state index contributed by atoms with van der Waals surface area (Å²) in [6.07, 6.45) is 0.